The Kier molecular flexibility index (Phi) is 6.79. The van der Waals surface area contributed by atoms with Crippen LogP contribution in [0.1, 0.15) is 0 Å². The van der Waals surface area contributed by atoms with Crippen molar-refractivity contribution in [2.75, 3.05) is 0 Å². The van der Waals surface area contributed by atoms with Gasteiger partial charge in [-0.2, -0.15) is 0 Å². The minimum Gasteiger partial charge on any atom is -0.255 e. The van der Waals surface area contributed by atoms with E-state index in [2.05, 4.69) is 138 Å². The molecule has 250 valence electrons. The van der Waals surface area contributed by atoms with Crippen molar-refractivity contribution in [3.63, 3.8) is 0 Å². The summed E-state index contributed by atoms with van der Waals surface area (Å²) in [5.41, 5.74) is 11.8. The Hall–Kier alpha value is -7.37. The molecule has 0 fully saturated rings. The van der Waals surface area contributed by atoms with Gasteiger partial charge >= 0.3 is 0 Å². The average molecular weight is 688 g/mol. The lowest BCUT2D eigenvalue weighted by atomic mass is 9.88. The van der Waals surface area contributed by atoms with Gasteiger partial charge in [-0.05, 0) is 93.3 Å². The number of hydrogen-bond donors (Lipinski definition) is 0. The molecule has 0 aliphatic heterocycles. The SMILES string of the molecule is c1ccc(-c2ccc3cc(-c4ccc5nc(-c6c7ccccc7c(-c7ccc8ccc9cccnc9c8n7)c7ccccc67)ccc5c4)ccc3n2)nc1. The van der Waals surface area contributed by atoms with E-state index in [0.29, 0.717) is 0 Å². The molecule has 11 aromatic rings. The van der Waals surface area contributed by atoms with E-state index in [-0.39, 0.29) is 0 Å². The topological polar surface area (TPSA) is 64.5 Å². The summed E-state index contributed by atoms with van der Waals surface area (Å²) < 4.78 is 0. The van der Waals surface area contributed by atoms with Gasteiger partial charge in [0.2, 0.25) is 0 Å². The zero-order valence-electron chi connectivity index (χ0n) is 29.0. The molecule has 11 rings (SSSR count). The summed E-state index contributed by atoms with van der Waals surface area (Å²) in [4.78, 5) is 24.7. The van der Waals surface area contributed by atoms with Gasteiger partial charge in [0.1, 0.15) is 0 Å². The zero-order valence-corrected chi connectivity index (χ0v) is 29.0. The lowest BCUT2D eigenvalue weighted by molar-refractivity contribution is 1.28. The van der Waals surface area contributed by atoms with Gasteiger partial charge in [-0.3, -0.25) is 9.97 Å². The summed E-state index contributed by atoms with van der Waals surface area (Å²) in [6, 6.07) is 57.3. The summed E-state index contributed by atoms with van der Waals surface area (Å²) in [6.45, 7) is 0. The number of aromatic nitrogens is 5. The van der Waals surface area contributed by atoms with Crippen LogP contribution in [0.4, 0.5) is 0 Å². The third-order valence-corrected chi connectivity index (χ3v) is 10.5. The van der Waals surface area contributed by atoms with Crippen LogP contribution in [-0.2, 0) is 0 Å². The number of fused-ring (bicyclic) bond motifs is 7. The summed E-state index contributed by atoms with van der Waals surface area (Å²) in [5, 5.41) is 8.90. The van der Waals surface area contributed by atoms with Gasteiger partial charge in [0.25, 0.3) is 0 Å². The first-order valence-electron chi connectivity index (χ1n) is 18.1. The van der Waals surface area contributed by atoms with Crippen LogP contribution >= 0.6 is 0 Å². The fourth-order valence-corrected chi connectivity index (χ4v) is 7.95. The minimum absolute atomic E-state index is 0.871. The van der Waals surface area contributed by atoms with E-state index < -0.39 is 0 Å². The molecular weight excluding hydrogens is 659 g/mol. The molecule has 0 aliphatic carbocycles. The predicted molar refractivity (Wildman–Crippen MR) is 222 cm³/mol. The molecule has 6 aromatic carbocycles. The Morgan fingerprint density at radius 3 is 1.41 bits per heavy atom. The number of benzene rings is 6. The van der Waals surface area contributed by atoms with Gasteiger partial charge in [0.15, 0.2) is 0 Å². The van der Waals surface area contributed by atoms with Gasteiger partial charge in [-0.1, -0.05) is 103 Å². The minimum atomic E-state index is 0.871. The second kappa shape index (κ2) is 12.1. The van der Waals surface area contributed by atoms with E-state index in [9.17, 15) is 0 Å². The van der Waals surface area contributed by atoms with Crippen molar-refractivity contribution in [1.29, 1.82) is 0 Å². The molecular formula is C49H29N5. The average Bonchev–Trinajstić information content (AvgIpc) is 3.25. The Morgan fingerprint density at radius 1 is 0.296 bits per heavy atom. The van der Waals surface area contributed by atoms with Crippen LogP contribution < -0.4 is 0 Å². The Balaban J connectivity index is 1.03. The molecule has 5 aromatic heterocycles. The molecule has 0 amide bonds. The van der Waals surface area contributed by atoms with Gasteiger partial charge in [0.05, 0.1) is 44.8 Å². The summed E-state index contributed by atoms with van der Waals surface area (Å²) >= 11 is 0. The van der Waals surface area contributed by atoms with Crippen LogP contribution in [0.25, 0.3) is 110 Å². The third-order valence-electron chi connectivity index (χ3n) is 10.5. The Morgan fingerprint density at radius 2 is 0.796 bits per heavy atom. The van der Waals surface area contributed by atoms with Crippen molar-refractivity contribution >= 4 is 65.2 Å². The molecule has 0 saturated carbocycles. The smallest absolute Gasteiger partial charge is 0.0972 e. The largest absolute Gasteiger partial charge is 0.255 e. The van der Waals surface area contributed by atoms with E-state index in [0.717, 1.165) is 110 Å². The number of hydrogen-bond acceptors (Lipinski definition) is 5. The molecule has 5 heteroatoms. The molecule has 54 heavy (non-hydrogen) atoms. The Bertz CT molecular complexity index is 3230. The Labute approximate surface area is 310 Å². The van der Waals surface area contributed by atoms with Crippen molar-refractivity contribution in [3.05, 3.63) is 176 Å². The molecule has 0 aliphatic rings. The van der Waals surface area contributed by atoms with Crippen molar-refractivity contribution in [1.82, 2.24) is 24.9 Å². The molecule has 5 nitrogen and oxygen atoms in total. The first-order chi connectivity index (χ1) is 26.7. The van der Waals surface area contributed by atoms with E-state index in [1.807, 2.05) is 36.5 Å². The second-order valence-electron chi connectivity index (χ2n) is 13.7. The van der Waals surface area contributed by atoms with Crippen LogP contribution in [-0.4, -0.2) is 24.9 Å². The van der Waals surface area contributed by atoms with Crippen LogP contribution in [0.2, 0.25) is 0 Å². The highest BCUT2D eigenvalue weighted by molar-refractivity contribution is 6.21. The van der Waals surface area contributed by atoms with Gasteiger partial charge in [-0.25, -0.2) is 15.0 Å². The van der Waals surface area contributed by atoms with Crippen LogP contribution in [0.3, 0.4) is 0 Å². The van der Waals surface area contributed by atoms with Gasteiger partial charge < -0.3 is 0 Å². The van der Waals surface area contributed by atoms with Crippen LogP contribution in [0.15, 0.2) is 176 Å². The third kappa shape index (κ3) is 4.90. The highest BCUT2D eigenvalue weighted by Gasteiger charge is 2.19. The molecule has 0 spiro atoms. The highest BCUT2D eigenvalue weighted by atomic mass is 14.8. The number of pyridine rings is 5. The fraction of sp³-hybridized carbons (Fsp3) is 0. The maximum Gasteiger partial charge on any atom is 0.0972 e. The fourth-order valence-electron chi connectivity index (χ4n) is 7.95. The lowest BCUT2D eigenvalue weighted by Crippen LogP contribution is -1.95. The standard InChI is InChI=1S/C49H29N5/c1-3-11-38-36(9-1)46(37-10-2-4-12-39(37)47(38)45-24-16-31-15-14-30-8-7-27-51-48(30)49(31)54-45)44-25-20-35-29-33(18-22-41(35)53-44)32-17-21-40-34(28-32)19-23-43(52-40)42-13-5-6-26-50-42/h1-29H. The first-order valence-corrected chi connectivity index (χ1v) is 18.1. The van der Waals surface area contributed by atoms with Crippen molar-refractivity contribution in [3.8, 4) is 45.0 Å². The maximum absolute atomic E-state index is 5.31. The first kappa shape index (κ1) is 30.3. The highest BCUT2D eigenvalue weighted by Crippen LogP contribution is 2.43. The predicted octanol–water partition coefficient (Wildman–Crippen LogP) is 12.2. The second-order valence-corrected chi connectivity index (χ2v) is 13.7. The molecule has 0 bridgehead atoms. The van der Waals surface area contributed by atoms with E-state index in [1.165, 1.54) is 0 Å². The van der Waals surface area contributed by atoms with E-state index in [1.54, 1.807) is 6.20 Å². The van der Waals surface area contributed by atoms with Crippen LogP contribution in [0.5, 0.6) is 0 Å². The van der Waals surface area contributed by atoms with Crippen molar-refractivity contribution in [2.45, 2.75) is 0 Å². The quantitative estimate of drug-likeness (QED) is 0.136. The lowest BCUT2D eigenvalue weighted by Gasteiger charge is -2.17. The van der Waals surface area contributed by atoms with Crippen molar-refractivity contribution < 1.29 is 0 Å². The molecule has 0 N–H and O–H groups in total. The molecule has 0 radical (unpaired) electrons. The summed E-state index contributed by atoms with van der Waals surface area (Å²) in [6.07, 6.45) is 3.64. The summed E-state index contributed by atoms with van der Waals surface area (Å²) in [5.74, 6) is 0. The van der Waals surface area contributed by atoms with E-state index >= 15 is 0 Å². The molecule has 5 heterocycles. The van der Waals surface area contributed by atoms with Crippen molar-refractivity contribution in [2.24, 2.45) is 0 Å². The van der Waals surface area contributed by atoms with Crippen LogP contribution in [0, 0.1) is 0 Å². The molecule has 0 atom stereocenters. The van der Waals surface area contributed by atoms with E-state index in [4.69, 9.17) is 19.9 Å². The van der Waals surface area contributed by atoms with Gasteiger partial charge in [-0.15, -0.1) is 0 Å². The van der Waals surface area contributed by atoms with Gasteiger partial charge in [0, 0.05) is 45.1 Å². The monoisotopic (exact) mass is 687 g/mol. The molecule has 0 unspecified atom stereocenters. The zero-order chi connectivity index (χ0) is 35.6. The normalized spacial score (nSPS) is 11.7. The summed E-state index contributed by atoms with van der Waals surface area (Å²) in [7, 11) is 0. The number of rotatable bonds is 4. The maximum atomic E-state index is 5.31. The molecule has 0 saturated heterocycles. The number of nitrogens with zero attached hydrogens (tertiary/aromatic N) is 5.